The number of carbonyl (C=O) groups is 1. The van der Waals surface area contributed by atoms with E-state index in [4.69, 9.17) is 4.74 Å². The standard InChI is InChI=1S/C13H14F3NO2/c1-19-9-3-2-8(6-9)17-13(18)7-4-10(14)12(16)11(15)5-7/h4-5,8-9H,2-3,6H2,1H3,(H,17,18). The van der Waals surface area contributed by atoms with E-state index in [2.05, 4.69) is 5.32 Å². The average molecular weight is 273 g/mol. The van der Waals surface area contributed by atoms with Gasteiger partial charge in [-0.05, 0) is 31.4 Å². The highest BCUT2D eigenvalue weighted by Gasteiger charge is 2.26. The molecule has 3 nitrogen and oxygen atoms in total. The van der Waals surface area contributed by atoms with E-state index in [1.165, 1.54) is 0 Å². The van der Waals surface area contributed by atoms with Gasteiger partial charge in [0.1, 0.15) is 0 Å². The molecule has 6 heteroatoms. The highest BCUT2D eigenvalue weighted by molar-refractivity contribution is 5.94. The van der Waals surface area contributed by atoms with Crippen LogP contribution in [0.1, 0.15) is 29.6 Å². The van der Waals surface area contributed by atoms with Crippen LogP contribution < -0.4 is 5.32 Å². The molecule has 0 bridgehead atoms. The van der Waals surface area contributed by atoms with Gasteiger partial charge in [-0.2, -0.15) is 0 Å². The predicted octanol–water partition coefficient (Wildman–Crippen LogP) is 2.40. The first-order chi connectivity index (χ1) is 9.01. The number of carbonyl (C=O) groups excluding carboxylic acids is 1. The van der Waals surface area contributed by atoms with Crippen molar-refractivity contribution < 1.29 is 22.7 Å². The van der Waals surface area contributed by atoms with Crippen molar-refractivity contribution in [3.63, 3.8) is 0 Å². The number of rotatable bonds is 3. The van der Waals surface area contributed by atoms with Gasteiger partial charge in [0.25, 0.3) is 5.91 Å². The Morgan fingerprint density at radius 2 is 1.89 bits per heavy atom. The van der Waals surface area contributed by atoms with Gasteiger partial charge < -0.3 is 10.1 Å². The Kier molecular flexibility index (Phi) is 4.09. The van der Waals surface area contributed by atoms with Crippen molar-refractivity contribution in [3.8, 4) is 0 Å². The van der Waals surface area contributed by atoms with E-state index in [-0.39, 0.29) is 17.7 Å². The molecule has 1 saturated carbocycles. The number of benzene rings is 1. The van der Waals surface area contributed by atoms with Crippen LogP contribution in [0.15, 0.2) is 12.1 Å². The van der Waals surface area contributed by atoms with Gasteiger partial charge in [0.2, 0.25) is 0 Å². The lowest BCUT2D eigenvalue weighted by Gasteiger charge is -2.13. The van der Waals surface area contributed by atoms with Crippen LogP contribution in [0.4, 0.5) is 13.2 Å². The third-order valence-electron chi connectivity index (χ3n) is 3.30. The number of halogens is 3. The maximum Gasteiger partial charge on any atom is 0.251 e. The van der Waals surface area contributed by atoms with Crippen molar-refractivity contribution >= 4 is 5.91 Å². The van der Waals surface area contributed by atoms with Gasteiger partial charge in [0, 0.05) is 18.7 Å². The fourth-order valence-corrected chi connectivity index (χ4v) is 2.24. The average Bonchev–Trinajstić information content (AvgIpc) is 2.83. The molecule has 2 unspecified atom stereocenters. The SMILES string of the molecule is COC1CCC(NC(=O)c2cc(F)c(F)c(F)c2)C1. The molecule has 0 aromatic heterocycles. The Labute approximate surface area is 108 Å². The molecule has 1 aromatic carbocycles. The minimum absolute atomic E-state index is 0.0892. The maximum absolute atomic E-state index is 13.0. The molecule has 0 spiro atoms. The molecule has 1 N–H and O–H groups in total. The number of hydrogen-bond acceptors (Lipinski definition) is 2. The lowest BCUT2D eigenvalue weighted by molar-refractivity contribution is 0.0914. The summed E-state index contributed by atoms with van der Waals surface area (Å²) >= 11 is 0. The lowest BCUT2D eigenvalue weighted by atomic mass is 10.1. The van der Waals surface area contributed by atoms with E-state index in [9.17, 15) is 18.0 Å². The van der Waals surface area contributed by atoms with E-state index in [1.807, 2.05) is 0 Å². The predicted molar refractivity (Wildman–Crippen MR) is 62.2 cm³/mol. The summed E-state index contributed by atoms with van der Waals surface area (Å²) in [4.78, 5) is 11.8. The second-order valence-electron chi connectivity index (χ2n) is 4.60. The molecule has 1 aromatic rings. The summed E-state index contributed by atoms with van der Waals surface area (Å²) in [5, 5.41) is 2.66. The first kappa shape index (κ1) is 13.9. The van der Waals surface area contributed by atoms with Crippen LogP contribution in [0, 0.1) is 17.5 Å². The lowest BCUT2D eigenvalue weighted by Crippen LogP contribution is -2.33. The van der Waals surface area contributed by atoms with Crippen LogP contribution >= 0.6 is 0 Å². The zero-order chi connectivity index (χ0) is 14.0. The first-order valence-corrected chi connectivity index (χ1v) is 5.99. The summed E-state index contributed by atoms with van der Waals surface area (Å²) in [5.41, 5.74) is -0.225. The van der Waals surface area contributed by atoms with Crippen molar-refractivity contribution in [2.45, 2.75) is 31.4 Å². The van der Waals surface area contributed by atoms with E-state index in [0.29, 0.717) is 18.6 Å². The Bertz CT molecular complexity index is 470. The van der Waals surface area contributed by atoms with Gasteiger partial charge in [-0.15, -0.1) is 0 Å². The zero-order valence-corrected chi connectivity index (χ0v) is 10.4. The summed E-state index contributed by atoms with van der Waals surface area (Å²) in [6.07, 6.45) is 2.32. The van der Waals surface area contributed by atoms with Gasteiger partial charge >= 0.3 is 0 Å². The van der Waals surface area contributed by atoms with Crippen molar-refractivity contribution in [1.29, 1.82) is 0 Å². The van der Waals surface area contributed by atoms with E-state index in [1.54, 1.807) is 7.11 Å². The summed E-state index contributed by atoms with van der Waals surface area (Å²) in [7, 11) is 1.60. The van der Waals surface area contributed by atoms with Crippen LogP contribution in [-0.4, -0.2) is 25.2 Å². The van der Waals surface area contributed by atoms with Gasteiger partial charge in [0.15, 0.2) is 17.5 Å². The van der Waals surface area contributed by atoms with Crippen LogP contribution in [-0.2, 0) is 4.74 Å². The second kappa shape index (κ2) is 5.61. The van der Waals surface area contributed by atoms with E-state index >= 15 is 0 Å². The highest BCUT2D eigenvalue weighted by atomic mass is 19.2. The van der Waals surface area contributed by atoms with Crippen LogP contribution in [0.25, 0.3) is 0 Å². The molecule has 0 heterocycles. The topological polar surface area (TPSA) is 38.3 Å². The molecular formula is C13H14F3NO2. The number of ether oxygens (including phenoxy) is 1. The molecule has 104 valence electrons. The number of methoxy groups -OCH3 is 1. The molecule has 2 atom stereocenters. The van der Waals surface area contributed by atoms with Crippen molar-refractivity contribution in [3.05, 3.63) is 35.1 Å². The molecule has 1 aliphatic rings. The van der Waals surface area contributed by atoms with Crippen molar-refractivity contribution in [1.82, 2.24) is 5.32 Å². The van der Waals surface area contributed by atoms with Crippen LogP contribution in [0.2, 0.25) is 0 Å². The fraction of sp³-hybridized carbons (Fsp3) is 0.462. The summed E-state index contributed by atoms with van der Waals surface area (Å²) in [6, 6.07) is 1.29. The highest BCUT2D eigenvalue weighted by Crippen LogP contribution is 2.22. The van der Waals surface area contributed by atoms with E-state index in [0.717, 1.165) is 12.8 Å². The van der Waals surface area contributed by atoms with Crippen LogP contribution in [0.5, 0.6) is 0 Å². The second-order valence-corrected chi connectivity index (χ2v) is 4.60. The number of amides is 1. The van der Waals surface area contributed by atoms with Crippen molar-refractivity contribution in [2.24, 2.45) is 0 Å². The Hall–Kier alpha value is -1.56. The molecule has 0 saturated heterocycles. The molecule has 1 amide bonds. The maximum atomic E-state index is 13.0. The minimum Gasteiger partial charge on any atom is -0.381 e. The summed E-state index contributed by atoms with van der Waals surface area (Å²) in [6.45, 7) is 0. The summed E-state index contributed by atoms with van der Waals surface area (Å²) in [5.74, 6) is -4.92. The first-order valence-electron chi connectivity index (χ1n) is 5.99. The third-order valence-corrected chi connectivity index (χ3v) is 3.30. The minimum atomic E-state index is -1.57. The normalized spacial score (nSPS) is 22.5. The molecule has 19 heavy (non-hydrogen) atoms. The monoisotopic (exact) mass is 273 g/mol. The Morgan fingerprint density at radius 1 is 1.26 bits per heavy atom. The summed E-state index contributed by atoms with van der Waals surface area (Å²) < 4.78 is 44.0. The number of hydrogen-bond donors (Lipinski definition) is 1. The largest absolute Gasteiger partial charge is 0.381 e. The Morgan fingerprint density at radius 3 is 2.42 bits per heavy atom. The quantitative estimate of drug-likeness (QED) is 0.859. The van der Waals surface area contributed by atoms with Crippen molar-refractivity contribution in [2.75, 3.05) is 7.11 Å². The molecule has 0 radical (unpaired) electrons. The number of nitrogens with one attached hydrogen (secondary N) is 1. The van der Waals surface area contributed by atoms with E-state index < -0.39 is 23.4 Å². The van der Waals surface area contributed by atoms with Gasteiger partial charge in [-0.1, -0.05) is 0 Å². The molecule has 1 aliphatic carbocycles. The fourth-order valence-electron chi connectivity index (χ4n) is 2.24. The van der Waals surface area contributed by atoms with Gasteiger partial charge in [-0.3, -0.25) is 4.79 Å². The van der Waals surface area contributed by atoms with Crippen LogP contribution in [0.3, 0.4) is 0 Å². The third kappa shape index (κ3) is 3.07. The molecule has 1 fully saturated rings. The Balaban J connectivity index is 2.04. The zero-order valence-electron chi connectivity index (χ0n) is 10.4. The molecular weight excluding hydrogens is 259 g/mol. The van der Waals surface area contributed by atoms with Gasteiger partial charge in [-0.25, -0.2) is 13.2 Å². The smallest absolute Gasteiger partial charge is 0.251 e. The molecule has 0 aliphatic heterocycles. The molecule has 2 rings (SSSR count). The van der Waals surface area contributed by atoms with Gasteiger partial charge in [0.05, 0.1) is 6.10 Å².